The number of imidazole rings is 1. The summed E-state index contributed by atoms with van der Waals surface area (Å²) < 4.78 is 7.93. The van der Waals surface area contributed by atoms with Crippen LogP contribution in [0.3, 0.4) is 0 Å². The number of fused-ring (bicyclic) bond motifs is 3. The SMILES string of the molecule is CCc1ccc2c(c1)c(OC)c(CC)c1nc(-c3ccccc3C=O)cn12. The van der Waals surface area contributed by atoms with Gasteiger partial charge in [0.1, 0.15) is 11.4 Å². The summed E-state index contributed by atoms with van der Waals surface area (Å²) in [7, 11) is 1.72. The van der Waals surface area contributed by atoms with Crippen molar-refractivity contribution < 1.29 is 9.53 Å². The van der Waals surface area contributed by atoms with E-state index in [0.29, 0.717) is 5.56 Å². The predicted molar refractivity (Wildman–Crippen MR) is 109 cm³/mol. The van der Waals surface area contributed by atoms with Crippen LogP contribution < -0.4 is 4.74 Å². The van der Waals surface area contributed by atoms with Gasteiger partial charge in [0.2, 0.25) is 0 Å². The van der Waals surface area contributed by atoms with Gasteiger partial charge in [-0.3, -0.25) is 9.20 Å². The first-order valence-corrected chi connectivity index (χ1v) is 9.26. The summed E-state index contributed by atoms with van der Waals surface area (Å²) in [6.45, 7) is 4.26. The van der Waals surface area contributed by atoms with Gasteiger partial charge >= 0.3 is 0 Å². The van der Waals surface area contributed by atoms with Gasteiger partial charge in [-0.05, 0) is 30.5 Å². The first-order chi connectivity index (χ1) is 13.2. The topological polar surface area (TPSA) is 43.6 Å². The molecule has 0 amide bonds. The molecule has 4 nitrogen and oxygen atoms in total. The van der Waals surface area contributed by atoms with E-state index in [4.69, 9.17) is 9.72 Å². The lowest BCUT2D eigenvalue weighted by Crippen LogP contribution is -1.99. The van der Waals surface area contributed by atoms with E-state index >= 15 is 0 Å². The van der Waals surface area contributed by atoms with Crippen molar-refractivity contribution in [3.05, 3.63) is 65.4 Å². The highest BCUT2D eigenvalue weighted by molar-refractivity contribution is 5.93. The Kier molecular flexibility index (Phi) is 4.40. The number of carbonyl (C=O) groups excluding carboxylic acids is 1. The molecule has 4 heteroatoms. The molecule has 27 heavy (non-hydrogen) atoms. The van der Waals surface area contributed by atoms with E-state index in [1.54, 1.807) is 7.11 Å². The minimum Gasteiger partial charge on any atom is -0.496 e. The lowest BCUT2D eigenvalue weighted by Gasteiger charge is -2.14. The third kappa shape index (κ3) is 2.69. The fourth-order valence-corrected chi connectivity index (χ4v) is 3.75. The van der Waals surface area contributed by atoms with Crippen LogP contribution in [-0.2, 0) is 12.8 Å². The predicted octanol–water partition coefficient (Wildman–Crippen LogP) is 5.10. The molecule has 0 atom stereocenters. The molecule has 0 bridgehead atoms. The van der Waals surface area contributed by atoms with Crippen molar-refractivity contribution in [3.63, 3.8) is 0 Å². The van der Waals surface area contributed by atoms with Crippen LogP contribution in [-0.4, -0.2) is 22.8 Å². The molecule has 2 heterocycles. The smallest absolute Gasteiger partial charge is 0.150 e. The Hall–Kier alpha value is -3.14. The number of nitrogens with zero attached hydrogens (tertiary/aromatic N) is 2. The molecular formula is C23H22N2O2. The number of aldehydes is 1. The van der Waals surface area contributed by atoms with E-state index in [-0.39, 0.29) is 0 Å². The fraction of sp³-hybridized carbons (Fsp3) is 0.217. The van der Waals surface area contributed by atoms with Crippen molar-refractivity contribution in [1.29, 1.82) is 0 Å². The maximum atomic E-state index is 11.5. The molecular weight excluding hydrogens is 336 g/mol. The summed E-state index contributed by atoms with van der Waals surface area (Å²) in [5.41, 5.74) is 6.56. The second-order valence-electron chi connectivity index (χ2n) is 6.60. The Morgan fingerprint density at radius 1 is 1.11 bits per heavy atom. The lowest BCUT2D eigenvalue weighted by atomic mass is 10.0. The van der Waals surface area contributed by atoms with Crippen LogP contribution in [0.4, 0.5) is 0 Å². The molecule has 0 fully saturated rings. The first-order valence-electron chi connectivity index (χ1n) is 9.26. The Morgan fingerprint density at radius 2 is 1.93 bits per heavy atom. The van der Waals surface area contributed by atoms with Gasteiger partial charge in [0.15, 0.2) is 6.29 Å². The van der Waals surface area contributed by atoms with Gasteiger partial charge in [-0.25, -0.2) is 4.98 Å². The molecule has 0 aliphatic carbocycles. The summed E-state index contributed by atoms with van der Waals surface area (Å²) in [5.74, 6) is 0.885. The van der Waals surface area contributed by atoms with Gasteiger partial charge in [0.05, 0.1) is 18.3 Å². The van der Waals surface area contributed by atoms with Crippen LogP contribution in [0.15, 0.2) is 48.7 Å². The molecule has 136 valence electrons. The monoisotopic (exact) mass is 358 g/mol. The van der Waals surface area contributed by atoms with Crippen molar-refractivity contribution in [2.45, 2.75) is 26.7 Å². The second-order valence-corrected chi connectivity index (χ2v) is 6.60. The molecule has 0 saturated carbocycles. The van der Waals surface area contributed by atoms with Crippen molar-refractivity contribution in [3.8, 4) is 17.0 Å². The van der Waals surface area contributed by atoms with Crippen LogP contribution in [0.1, 0.15) is 35.3 Å². The molecule has 2 aromatic heterocycles. The molecule has 0 radical (unpaired) electrons. The standard InChI is InChI=1S/C23H22N2O2/c1-4-15-10-11-21-19(12-15)22(27-3)17(5-2)23-24-20(13-25(21)23)18-9-7-6-8-16(18)14-26/h6-14H,4-5H2,1-3H3. The zero-order chi connectivity index (χ0) is 19.0. The summed E-state index contributed by atoms with van der Waals surface area (Å²) in [6, 6.07) is 14.0. The lowest BCUT2D eigenvalue weighted by molar-refractivity contribution is 0.112. The van der Waals surface area contributed by atoms with Crippen LogP contribution in [0.5, 0.6) is 5.75 Å². The fourth-order valence-electron chi connectivity index (χ4n) is 3.75. The highest BCUT2D eigenvalue weighted by atomic mass is 16.5. The van der Waals surface area contributed by atoms with Crippen LogP contribution in [0.25, 0.3) is 27.8 Å². The maximum Gasteiger partial charge on any atom is 0.150 e. The molecule has 0 unspecified atom stereocenters. The number of hydrogen-bond acceptors (Lipinski definition) is 3. The Morgan fingerprint density at radius 3 is 2.63 bits per heavy atom. The number of ether oxygens (including phenoxy) is 1. The van der Waals surface area contributed by atoms with Gasteiger partial charge in [0.25, 0.3) is 0 Å². The third-order valence-corrected chi connectivity index (χ3v) is 5.14. The van der Waals surface area contributed by atoms with E-state index in [2.05, 4.69) is 36.4 Å². The van der Waals surface area contributed by atoms with Crippen LogP contribution >= 0.6 is 0 Å². The third-order valence-electron chi connectivity index (χ3n) is 5.14. The van der Waals surface area contributed by atoms with E-state index in [0.717, 1.165) is 58.2 Å². The number of hydrogen-bond donors (Lipinski definition) is 0. The average molecular weight is 358 g/mol. The summed E-state index contributed by atoms with van der Waals surface area (Å²) in [4.78, 5) is 16.4. The summed E-state index contributed by atoms with van der Waals surface area (Å²) in [6.07, 6.45) is 4.68. The molecule has 0 aliphatic heterocycles. The Bertz CT molecular complexity index is 1160. The largest absolute Gasteiger partial charge is 0.496 e. The molecule has 0 aliphatic rings. The van der Waals surface area contributed by atoms with Crippen molar-refractivity contribution in [2.75, 3.05) is 7.11 Å². The zero-order valence-corrected chi connectivity index (χ0v) is 15.8. The number of aryl methyl sites for hydroxylation is 2. The first kappa shape index (κ1) is 17.3. The summed E-state index contributed by atoms with van der Waals surface area (Å²) in [5, 5.41) is 1.09. The number of pyridine rings is 1. The van der Waals surface area contributed by atoms with Crippen LogP contribution in [0, 0.1) is 0 Å². The Balaban J connectivity index is 2.11. The van der Waals surface area contributed by atoms with Gasteiger partial charge < -0.3 is 4.74 Å². The van der Waals surface area contributed by atoms with E-state index in [1.807, 2.05) is 30.5 Å². The summed E-state index contributed by atoms with van der Waals surface area (Å²) >= 11 is 0. The minimum absolute atomic E-state index is 0.642. The quantitative estimate of drug-likeness (QED) is 0.466. The van der Waals surface area contributed by atoms with Gasteiger partial charge in [-0.2, -0.15) is 0 Å². The number of benzene rings is 2. The zero-order valence-electron chi connectivity index (χ0n) is 15.8. The van der Waals surface area contributed by atoms with Crippen molar-refractivity contribution in [2.24, 2.45) is 0 Å². The van der Waals surface area contributed by atoms with Crippen molar-refractivity contribution >= 4 is 22.8 Å². The van der Waals surface area contributed by atoms with E-state index in [9.17, 15) is 4.79 Å². The van der Waals surface area contributed by atoms with Gasteiger partial charge in [0, 0.05) is 28.3 Å². The highest BCUT2D eigenvalue weighted by Gasteiger charge is 2.18. The van der Waals surface area contributed by atoms with Gasteiger partial charge in [-0.15, -0.1) is 0 Å². The second kappa shape index (κ2) is 6.88. The highest BCUT2D eigenvalue weighted by Crippen LogP contribution is 2.36. The number of methoxy groups -OCH3 is 1. The average Bonchev–Trinajstić information content (AvgIpc) is 3.17. The van der Waals surface area contributed by atoms with E-state index < -0.39 is 0 Å². The maximum absolute atomic E-state index is 11.5. The van der Waals surface area contributed by atoms with Crippen LogP contribution in [0.2, 0.25) is 0 Å². The molecule has 4 aromatic rings. The molecule has 4 rings (SSSR count). The number of aromatic nitrogens is 2. The number of carbonyl (C=O) groups is 1. The van der Waals surface area contributed by atoms with Gasteiger partial charge in [-0.1, -0.05) is 44.2 Å². The molecule has 2 aromatic carbocycles. The molecule has 0 spiro atoms. The molecule has 0 N–H and O–H groups in total. The number of rotatable bonds is 5. The Labute approximate surface area is 158 Å². The molecule has 0 saturated heterocycles. The van der Waals surface area contributed by atoms with E-state index in [1.165, 1.54) is 5.56 Å². The minimum atomic E-state index is 0.642. The van der Waals surface area contributed by atoms with Crippen molar-refractivity contribution in [1.82, 2.24) is 9.38 Å². The normalized spacial score (nSPS) is 11.2.